The van der Waals surface area contributed by atoms with E-state index in [1.165, 1.54) is 18.2 Å². The molecule has 0 bridgehead atoms. The SMILES string of the molecule is Cc1ccc(C(=O)NCCNC(=O)c2ccccc2C(=O)c2ccccc2)cc1F. The maximum absolute atomic E-state index is 13.6. The van der Waals surface area contributed by atoms with Gasteiger partial charge in [-0.3, -0.25) is 14.4 Å². The molecule has 3 aromatic carbocycles. The Morgan fingerprint density at radius 3 is 2.00 bits per heavy atom. The number of rotatable bonds is 7. The van der Waals surface area contributed by atoms with Crippen LogP contribution in [0.1, 0.15) is 42.2 Å². The lowest BCUT2D eigenvalue weighted by Crippen LogP contribution is -2.35. The number of ketones is 1. The quantitative estimate of drug-likeness (QED) is 0.467. The molecule has 3 rings (SSSR count). The summed E-state index contributed by atoms with van der Waals surface area (Å²) in [5.41, 5.74) is 1.74. The number of hydrogen-bond acceptors (Lipinski definition) is 3. The minimum atomic E-state index is -0.448. The van der Waals surface area contributed by atoms with E-state index in [4.69, 9.17) is 0 Å². The third-order valence-corrected chi connectivity index (χ3v) is 4.58. The number of carbonyl (C=O) groups is 3. The lowest BCUT2D eigenvalue weighted by molar-refractivity contribution is 0.0924. The van der Waals surface area contributed by atoms with E-state index in [1.54, 1.807) is 55.5 Å². The minimum Gasteiger partial charge on any atom is -0.350 e. The van der Waals surface area contributed by atoms with Crippen LogP contribution >= 0.6 is 0 Å². The number of aryl methyl sites for hydroxylation is 1. The largest absolute Gasteiger partial charge is 0.350 e. The number of halogens is 1. The Morgan fingerprint density at radius 2 is 1.33 bits per heavy atom. The van der Waals surface area contributed by atoms with E-state index in [0.717, 1.165) is 0 Å². The maximum Gasteiger partial charge on any atom is 0.252 e. The Bertz CT molecular complexity index is 1080. The zero-order valence-electron chi connectivity index (χ0n) is 16.4. The Labute approximate surface area is 173 Å². The molecule has 0 unspecified atom stereocenters. The first-order chi connectivity index (χ1) is 14.5. The van der Waals surface area contributed by atoms with Crippen LogP contribution in [0.5, 0.6) is 0 Å². The van der Waals surface area contributed by atoms with Crippen LogP contribution in [-0.2, 0) is 0 Å². The number of benzene rings is 3. The topological polar surface area (TPSA) is 75.3 Å². The molecule has 0 saturated heterocycles. The normalized spacial score (nSPS) is 10.3. The van der Waals surface area contributed by atoms with Crippen molar-refractivity contribution in [3.63, 3.8) is 0 Å². The van der Waals surface area contributed by atoms with Gasteiger partial charge in [0.2, 0.25) is 0 Å². The molecule has 0 radical (unpaired) electrons. The first-order valence-electron chi connectivity index (χ1n) is 9.48. The Hall–Kier alpha value is -3.80. The van der Waals surface area contributed by atoms with Crippen molar-refractivity contribution in [3.8, 4) is 0 Å². The molecule has 0 aliphatic rings. The number of carbonyl (C=O) groups excluding carboxylic acids is 3. The molecular weight excluding hydrogens is 383 g/mol. The van der Waals surface area contributed by atoms with Gasteiger partial charge in [0.25, 0.3) is 11.8 Å². The van der Waals surface area contributed by atoms with Gasteiger partial charge in [-0.15, -0.1) is 0 Å². The van der Waals surface area contributed by atoms with E-state index in [1.807, 2.05) is 6.07 Å². The van der Waals surface area contributed by atoms with Crippen molar-refractivity contribution in [2.45, 2.75) is 6.92 Å². The van der Waals surface area contributed by atoms with Crippen molar-refractivity contribution in [2.75, 3.05) is 13.1 Å². The lowest BCUT2D eigenvalue weighted by atomic mass is 9.98. The van der Waals surface area contributed by atoms with Crippen molar-refractivity contribution in [1.29, 1.82) is 0 Å². The summed E-state index contributed by atoms with van der Waals surface area (Å²) in [6, 6.07) is 19.6. The third-order valence-electron chi connectivity index (χ3n) is 4.58. The summed E-state index contributed by atoms with van der Waals surface area (Å²) in [6.45, 7) is 1.94. The van der Waals surface area contributed by atoms with E-state index >= 15 is 0 Å². The second-order valence-electron chi connectivity index (χ2n) is 6.72. The average Bonchev–Trinajstić information content (AvgIpc) is 2.78. The molecule has 30 heavy (non-hydrogen) atoms. The summed E-state index contributed by atoms with van der Waals surface area (Å²) in [5, 5.41) is 5.32. The average molecular weight is 404 g/mol. The standard InChI is InChI=1S/C24H21FN2O3/c1-16-11-12-18(15-21(16)25)23(29)26-13-14-27-24(30)20-10-6-5-9-19(20)22(28)17-7-3-2-4-8-17/h2-12,15H,13-14H2,1H3,(H,26,29)(H,27,30). The molecular formula is C24H21FN2O3. The molecule has 152 valence electrons. The fraction of sp³-hybridized carbons (Fsp3) is 0.125. The first-order valence-corrected chi connectivity index (χ1v) is 9.48. The van der Waals surface area contributed by atoms with E-state index in [0.29, 0.717) is 16.7 Å². The van der Waals surface area contributed by atoms with Gasteiger partial charge in [0.05, 0.1) is 5.56 Å². The van der Waals surface area contributed by atoms with Crippen LogP contribution in [0.25, 0.3) is 0 Å². The highest BCUT2D eigenvalue weighted by Gasteiger charge is 2.17. The van der Waals surface area contributed by atoms with Crippen molar-refractivity contribution >= 4 is 17.6 Å². The highest BCUT2D eigenvalue weighted by atomic mass is 19.1. The van der Waals surface area contributed by atoms with E-state index in [-0.39, 0.29) is 30.0 Å². The zero-order valence-corrected chi connectivity index (χ0v) is 16.4. The molecule has 0 fully saturated rings. The van der Waals surface area contributed by atoms with Crippen LogP contribution in [0.15, 0.2) is 72.8 Å². The fourth-order valence-electron chi connectivity index (χ4n) is 2.91. The highest BCUT2D eigenvalue weighted by Crippen LogP contribution is 2.15. The summed E-state index contributed by atoms with van der Waals surface area (Å²) in [4.78, 5) is 37.4. The molecule has 3 aromatic rings. The molecule has 0 spiro atoms. The van der Waals surface area contributed by atoms with Gasteiger partial charge >= 0.3 is 0 Å². The molecule has 5 nitrogen and oxygen atoms in total. The molecule has 0 aromatic heterocycles. The predicted octanol–water partition coefficient (Wildman–Crippen LogP) is 3.52. The number of hydrogen-bond donors (Lipinski definition) is 2. The molecule has 2 N–H and O–H groups in total. The van der Waals surface area contributed by atoms with Gasteiger partial charge in [0, 0.05) is 29.8 Å². The van der Waals surface area contributed by atoms with Crippen LogP contribution in [0, 0.1) is 12.7 Å². The van der Waals surface area contributed by atoms with Gasteiger partial charge in [-0.05, 0) is 30.7 Å². The molecule has 0 heterocycles. The first kappa shape index (κ1) is 20.9. The van der Waals surface area contributed by atoms with Crippen LogP contribution in [0.3, 0.4) is 0 Å². The van der Waals surface area contributed by atoms with Crippen LogP contribution in [-0.4, -0.2) is 30.7 Å². The molecule has 0 saturated carbocycles. The predicted molar refractivity (Wildman–Crippen MR) is 112 cm³/mol. The molecule has 2 amide bonds. The zero-order chi connectivity index (χ0) is 21.5. The van der Waals surface area contributed by atoms with E-state index in [2.05, 4.69) is 10.6 Å². The fourth-order valence-corrected chi connectivity index (χ4v) is 2.91. The summed E-state index contributed by atoms with van der Waals surface area (Å²) in [6.07, 6.45) is 0. The summed E-state index contributed by atoms with van der Waals surface area (Å²) in [5.74, 6) is -1.53. The molecule has 6 heteroatoms. The van der Waals surface area contributed by atoms with E-state index in [9.17, 15) is 18.8 Å². The second kappa shape index (κ2) is 9.60. The molecule has 0 aliphatic carbocycles. The van der Waals surface area contributed by atoms with Crippen LogP contribution in [0.4, 0.5) is 4.39 Å². The van der Waals surface area contributed by atoms with Gasteiger partial charge < -0.3 is 10.6 Å². The molecule has 0 aliphatic heterocycles. The third kappa shape index (κ3) is 4.97. The smallest absolute Gasteiger partial charge is 0.252 e. The maximum atomic E-state index is 13.6. The second-order valence-corrected chi connectivity index (χ2v) is 6.72. The van der Waals surface area contributed by atoms with Gasteiger partial charge in [-0.1, -0.05) is 54.6 Å². The van der Waals surface area contributed by atoms with Crippen molar-refractivity contribution in [2.24, 2.45) is 0 Å². The Balaban J connectivity index is 1.58. The Morgan fingerprint density at radius 1 is 0.733 bits per heavy atom. The highest BCUT2D eigenvalue weighted by molar-refractivity contribution is 6.15. The minimum absolute atomic E-state index is 0.160. The van der Waals surface area contributed by atoms with Crippen molar-refractivity contribution in [1.82, 2.24) is 10.6 Å². The number of nitrogens with one attached hydrogen (secondary N) is 2. The van der Waals surface area contributed by atoms with Gasteiger partial charge in [-0.25, -0.2) is 4.39 Å². The van der Waals surface area contributed by atoms with Gasteiger partial charge in [0.15, 0.2) is 5.78 Å². The van der Waals surface area contributed by atoms with Crippen LogP contribution < -0.4 is 10.6 Å². The van der Waals surface area contributed by atoms with Crippen molar-refractivity contribution < 1.29 is 18.8 Å². The summed E-state index contributed by atoms with van der Waals surface area (Å²) < 4.78 is 13.6. The lowest BCUT2D eigenvalue weighted by Gasteiger charge is -2.10. The van der Waals surface area contributed by atoms with Crippen molar-refractivity contribution in [3.05, 3.63) is 106 Å². The summed E-state index contributed by atoms with van der Waals surface area (Å²) >= 11 is 0. The number of amides is 2. The van der Waals surface area contributed by atoms with Gasteiger partial charge in [0.1, 0.15) is 5.82 Å². The van der Waals surface area contributed by atoms with Crippen LogP contribution in [0.2, 0.25) is 0 Å². The Kier molecular flexibility index (Phi) is 6.70. The van der Waals surface area contributed by atoms with Gasteiger partial charge in [-0.2, -0.15) is 0 Å². The van der Waals surface area contributed by atoms with E-state index < -0.39 is 17.6 Å². The summed E-state index contributed by atoms with van der Waals surface area (Å²) in [7, 11) is 0. The molecule has 0 atom stereocenters. The monoisotopic (exact) mass is 404 g/mol.